The Labute approximate surface area is 191 Å². The molecule has 1 aromatic carbocycles. The van der Waals surface area contributed by atoms with Gasteiger partial charge in [-0.05, 0) is 42.2 Å². The number of fused-ring (bicyclic) bond motifs is 1. The van der Waals surface area contributed by atoms with Crippen LogP contribution in [0.5, 0.6) is 5.75 Å². The number of rotatable bonds is 7. The lowest BCUT2D eigenvalue weighted by Gasteiger charge is -2.24. The van der Waals surface area contributed by atoms with Gasteiger partial charge in [0, 0.05) is 25.4 Å². The minimum atomic E-state index is -3.73. The van der Waals surface area contributed by atoms with Crippen molar-refractivity contribution in [3.63, 3.8) is 0 Å². The summed E-state index contributed by atoms with van der Waals surface area (Å²) >= 11 is 0. The second kappa shape index (κ2) is 9.28. The number of carbonyl (C=O) groups is 3. The van der Waals surface area contributed by atoms with Gasteiger partial charge in [0.25, 0.3) is 0 Å². The first kappa shape index (κ1) is 22.9. The van der Waals surface area contributed by atoms with Gasteiger partial charge in [0.1, 0.15) is 11.8 Å². The Morgan fingerprint density at radius 1 is 1.15 bits per heavy atom. The zero-order valence-electron chi connectivity index (χ0n) is 17.8. The van der Waals surface area contributed by atoms with E-state index in [2.05, 4.69) is 4.98 Å². The van der Waals surface area contributed by atoms with E-state index in [0.29, 0.717) is 30.7 Å². The number of hydrogen-bond donors (Lipinski definition) is 1. The highest BCUT2D eigenvalue weighted by Gasteiger charge is 2.53. The van der Waals surface area contributed by atoms with E-state index < -0.39 is 28.2 Å². The SMILES string of the molecule is NC(=O)Oc1ccc(CCC(=O)N2CCC3C2C(=O)CN3S(=O)(=O)Cc2cccnc2)cc1. The summed E-state index contributed by atoms with van der Waals surface area (Å²) in [5.74, 6) is -0.377. The number of nitrogens with zero attached hydrogens (tertiary/aromatic N) is 3. The van der Waals surface area contributed by atoms with Crippen LogP contribution in [0.4, 0.5) is 4.79 Å². The zero-order valence-corrected chi connectivity index (χ0v) is 18.6. The van der Waals surface area contributed by atoms with E-state index in [-0.39, 0.29) is 30.4 Å². The summed E-state index contributed by atoms with van der Waals surface area (Å²) in [6, 6.07) is 8.69. The predicted molar refractivity (Wildman–Crippen MR) is 117 cm³/mol. The van der Waals surface area contributed by atoms with E-state index in [1.54, 1.807) is 42.6 Å². The van der Waals surface area contributed by atoms with Gasteiger partial charge in [0.05, 0.1) is 18.3 Å². The monoisotopic (exact) mass is 472 g/mol. The molecule has 11 heteroatoms. The number of aryl methyl sites for hydroxylation is 1. The fraction of sp³-hybridized carbons (Fsp3) is 0.364. The lowest BCUT2D eigenvalue weighted by molar-refractivity contribution is -0.136. The van der Waals surface area contributed by atoms with Crippen LogP contribution in [0.3, 0.4) is 0 Å². The van der Waals surface area contributed by atoms with Crippen molar-refractivity contribution in [3.8, 4) is 5.75 Å². The predicted octanol–water partition coefficient (Wildman–Crippen LogP) is 0.856. The highest BCUT2D eigenvalue weighted by molar-refractivity contribution is 7.88. The largest absolute Gasteiger partial charge is 0.411 e. The topological polar surface area (TPSA) is 140 Å². The van der Waals surface area contributed by atoms with E-state index in [1.807, 2.05) is 0 Å². The minimum absolute atomic E-state index is 0.176. The van der Waals surface area contributed by atoms with Crippen molar-refractivity contribution in [1.82, 2.24) is 14.2 Å². The maximum atomic E-state index is 13.0. The summed E-state index contributed by atoms with van der Waals surface area (Å²) in [4.78, 5) is 41.8. The third-order valence-corrected chi connectivity index (χ3v) is 7.71. The molecular formula is C22H24N4O6S. The quantitative estimate of drug-likeness (QED) is 0.630. The van der Waals surface area contributed by atoms with Crippen molar-refractivity contribution in [2.45, 2.75) is 37.1 Å². The van der Waals surface area contributed by atoms with Crippen LogP contribution >= 0.6 is 0 Å². The van der Waals surface area contributed by atoms with E-state index >= 15 is 0 Å². The molecule has 2 aromatic rings. The van der Waals surface area contributed by atoms with Crippen molar-refractivity contribution >= 4 is 27.8 Å². The molecule has 33 heavy (non-hydrogen) atoms. The van der Waals surface area contributed by atoms with Crippen molar-refractivity contribution in [2.75, 3.05) is 13.1 Å². The van der Waals surface area contributed by atoms with Gasteiger partial charge in [-0.25, -0.2) is 13.2 Å². The number of amides is 2. The number of ether oxygens (including phenoxy) is 1. The number of Topliss-reactive ketones (excluding diaryl/α,β-unsaturated/α-hetero) is 1. The molecule has 4 rings (SSSR count). The van der Waals surface area contributed by atoms with Crippen LogP contribution in [-0.2, 0) is 31.8 Å². The number of sulfonamides is 1. The summed E-state index contributed by atoms with van der Waals surface area (Å²) in [7, 11) is -3.73. The number of benzene rings is 1. The number of carbonyl (C=O) groups excluding carboxylic acids is 3. The van der Waals surface area contributed by atoms with E-state index in [4.69, 9.17) is 10.5 Å². The molecule has 0 bridgehead atoms. The van der Waals surface area contributed by atoms with Crippen LogP contribution in [-0.4, -0.2) is 65.6 Å². The van der Waals surface area contributed by atoms with Crippen LogP contribution in [0.15, 0.2) is 48.8 Å². The molecule has 2 amide bonds. The summed E-state index contributed by atoms with van der Waals surface area (Å²) in [5, 5.41) is 0. The molecule has 0 saturated carbocycles. The van der Waals surface area contributed by atoms with Crippen LogP contribution in [0, 0.1) is 0 Å². The van der Waals surface area contributed by atoms with E-state index in [1.165, 1.54) is 15.4 Å². The second-order valence-corrected chi connectivity index (χ2v) is 10.0. The molecule has 0 spiro atoms. The molecule has 1 aromatic heterocycles. The highest BCUT2D eigenvalue weighted by atomic mass is 32.2. The summed E-state index contributed by atoms with van der Waals surface area (Å²) < 4.78 is 32.0. The maximum absolute atomic E-state index is 13.0. The summed E-state index contributed by atoms with van der Waals surface area (Å²) in [6.45, 7) is 0.118. The molecule has 3 heterocycles. The van der Waals surface area contributed by atoms with Gasteiger partial charge in [-0.3, -0.25) is 14.6 Å². The van der Waals surface area contributed by atoms with Crippen LogP contribution in [0.1, 0.15) is 24.0 Å². The van der Waals surface area contributed by atoms with Crippen molar-refractivity contribution in [2.24, 2.45) is 5.73 Å². The number of nitrogens with two attached hydrogens (primary N) is 1. The summed E-state index contributed by atoms with van der Waals surface area (Å²) in [6.07, 6.45) is 3.18. The highest BCUT2D eigenvalue weighted by Crippen LogP contribution is 2.33. The molecule has 0 radical (unpaired) electrons. The molecule has 174 valence electrons. The van der Waals surface area contributed by atoms with Gasteiger partial charge in [-0.15, -0.1) is 0 Å². The zero-order chi connectivity index (χ0) is 23.6. The fourth-order valence-corrected chi connectivity index (χ4v) is 6.14. The minimum Gasteiger partial charge on any atom is -0.411 e. The Balaban J connectivity index is 1.38. The molecule has 2 saturated heterocycles. The fourth-order valence-electron chi connectivity index (χ4n) is 4.43. The standard InChI is InChI=1S/C22H24N4O6S/c23-22(29)32-17-6-3-15(4-7-17)5-8-20(28)25-11-9-18-21(25)19(27)13-26(18)33(30,31)14-16-2-1-10-24-12-16/h1-4,6-7,10,12,18,21H,5,8-9,11,13-14H2,(H2,23,29). The molecular weight excluding hydrogens is 448 g/mol. The Morgan fingerprint density at radius 2 is 1.91 bits per heavy atom. The Kier molecular flexibility index (Phi) is 6.43. The molecule has 2 fully saturated rings. The van der Waals surface area contributed by atoms with E-state index in [0.717, 1.165) is 5.56 Å². The number of likely N-dealkylation sites (tertiary alicyclic amines) is 1. The Bertz CT molecular complexity index is 1150. The first-order valence-electron chi connectivity index (χ1n) is 10.5. The Morgan fingerprint density at radius 3 is 2.58 bits per heavy atom. The molecule has 2 N–H and O–H groups in total. The number of pyridine rings is 1. The van der Waals surface area contributed by atoms with Crippen LogP contribution < -0.4 is 10.5 Å². The lowest BCUT2D eigenvalue weighted by atomic mass is 10.1. The average Bonchev–Trinajstić information content (AvgIpc) is 3.35. The van der Waals surface area contributed by atoms with E-state index in [9.17, 15) is 22.8 Å². The number of ketones is 1. The second-order valence-electron chi connectivity index (χ2n) is 8.08. The van der Waals surface area contributed by atoms with Gasteiger partial charge in [-0.2, -0.15) is 4.31 Å². The lowest BCUT2D eigenvalue weighted by Crippen LogP contribution is -2.43. The third-order valence-electron chi connectivity index (χ3n) is 5.90. The molecule has 2 unspecified atom stereocenters. The van der Waals surface area contributed by atoms with Crippen molar-refractivity contribution < 1.29 is 27.5 Å². The van der Waals surface area contributed by atoms with Crippen LogP contribution in [0.25, 0.3) is 0 Å². The van der Waals surface area contributed by atoms with Gasteiger partial charge in [0.2, 0.25) is 15.9 Å². The number of hydrogen-bond acceptors (Lipinski definition) is 7. The van der Waals surface area contributed by atoms with Crippen molar-refractivity contribution in [3.05, 3.63) is 59.9 Å². The van der Waals surface area contributed by atoms with Crippen LogP contribution in [0.2, 0.25) is 0 Å². The van der Waals surface area contributed by atoms with Gasteiger partial charge < -0.3 is 15.4 Å². The molecule has 0 aliphatic carbocycles. The average molecular weight is 473 g/mol. The number of aromatic nitrogens is 1. The van der Waals surface area contributed by atoms with Crippen molar-refractivity contribution in [1.29, 1.82) is 0 Å². The molecule has 2 atom stereocenters. The molecule has 2 aliphatic rings. The maximum Gasteiger partial charge on any atom is 0.409 e. The van der Waals surface area contributed by atoms with Gasteiger partial charge in [0.15, 0.2) is 5.78 Å². The number of primary amides is 1. The Hall–Kier alpha value is -3.31. The van der Waals surface area contributed by atoms with Gasteiger partial charge in [-0.1, -0.05) is 18.2 Å². The first-order chi connectivity index (χ1) is 15.7. The van der Waals surface area contributed by atoms with Gasteiger partial charge >= 0.3 is 6.09 Å². The normalized spacial score (nSPS) is 20.6. The molecule has 2 aliphatic heterocycles. The first-order valence-corrected chi connectivity index (χ1v) is 12.1. The summed E-state index contributed by atoms with van der Waals surface area (Å²) in [5.41, 5.74) is 6.38. The molecule has 10 nitrogen and oxygen atoms in total. The smallest absolute Gasteiger partial charge is 0.409 e. The third kappa shape index (κ3) is 5.04.